The summed E-state index contributed by atoms with van der Waals surface area (Å²) in [5.74, 6) is -0.197. The molecule has 4 heteroatoms. The molecule has 0 atom stereocenters. The normalized spacial score (nSPS) is 15.8. The number of benzene rings is 1. The number of aromatic nitrogens is 1. The zero-order chi connectivity index (χ0) is 13.1. The molecule has 1 N–H and O–H groups in total. The van der Waals surface area contributed by atoms with Gasteiger partial charge in [-0.3, -0.25) is 14.6 Å². The van der Waals surface area contributed by atoms with Crippen molar-refractivity contribution in [1.82, 2.24) is 10.5 Å². The molecular weight excluding hydrogens is 240 g/mol. The number of fused-ring (bicyclic) bond motifs is 1. The minimum atomic E-state index is -0.197. The first-order chi connectivity index (χ1) is 9.33. The van der Waals surface area contributed by atoms with Crippen LogP contribution in [0, 0.1) is 0 Å². The molecule has 0 saturated heterocycles. The third kappa shape index (κ3) is 2.74. The number of nitrogens with one attached hydrogen (secondary N) is 1. The lowest BCUT2D eigenvalue weighted by Gasteiger charge is -2.11. The average Bonchev–Trinajstić information content (AvgIpc) is 2.97. The highest BCUT2D eigenvalue weighted by Gasteiger charge is 2.17. The van der Waals surface area contributed by atoms with E-state index >= 15 is 0 Å². The van der Waals surface area contributed by atoms with Crippen molar-refractivity contribution in [3.63, 3.8) is 0 Å². The van der Waals surface area contributed by atoms with Gasteiger partial charge in [-0.15, -0.1) is 0 Å². The summed E-state index contributed by atoms with van der Waals surface area (Å²) in [5.41, 5.74) is 4.03. The van der Waals surface area contributed by atoms with Gasteiger partial charge in [-0.2, -0.15) is 0 Å². The minimum absolute atomic E-state index is 0.172. The quantitative estimate of drug-likeness (QED) is 0.859. The van der Waals surface area contributed by atoms with E-state index in [2.05, 4.69) is 10.5 Å². The van der Waals surface area contributed by atoms with Crippen LogP contribution in [0.3, 0.4) is 0 Å². The smallest absolute Gasteiger partial charge is 0.270 e. The van der Waals surface area contributed by atoms with Crippen LogP contribution in [0.2, 0.25) is 0 Å². The van der Waals surface area contributed by atoms with Crippen LogP contribution in [0.25, 0.3) is 10.9 Å². The Morgan fingerprint density at radius 3 is 2.95 bits per heavy atom. The van der Waals surface area contributed by atoms with E-state index in [-0.39, 0.29) is 12.0 Å². The zero-order valence-electron chi connectivity index (χ0n) is 10.6. The van der Waals surface area contributed by atoms with E-state index < -0.39 is 0 Å². The van der Waals surface area contributed by atoms with E-state index in [1.165, 1.54) is 12.8 Å². The monoisotopic (exact) mass is 256 g/mol. The molecule has 19 heavy (non-hydrogen) atoms. The van der Waals surface area contributed by atoms with Crippen molar-refractivity contribution in [2.45, 2.75) is 31.8 Å². The van der Waals surface area contributed by atoms with Crippen molar-refractivity contribution >= 4 is 16.8 Å². The van der Waals surface area contributed by atoms with E-state index in [1.54, 1.807) is 12.3 Å². The van der Waals surface area contributed by atoms with Crippen LogP contribution in [0.15, 0.2) is 36.5 Å². The molecule has 1 fully saturated rings. The molecule has 1 aromatic carbocycles. The molecule has 1 aromatic heterocycles. The number of hydroxylamine groups is 1. The highest BCUT2D eigenvalue weighted by Crippen LogP contribution is 2.20. The fraction of sp³-hybridized carbons (Fsp3) is 0.333. The van der Waals surface area contributed by atoms with Crippen LogP contribution < -0.4 is 5.48 Å². The Bertz CT molecular complexity index is 591. The number of amides is 1. The summed E-state index contributed by atoms with van der Waals surface area (Å²) in [6, 6.07) is 9.24. The molecule has 1 saturated carbocycles. The van der Waals surface area contributed by atoms with Gasteiger partial charge in [0.05, 0.1) is 11.6 Å². The first kappa shape index (κ1) is 12.1. The van der Waals surface area contributed by atoms with Gasteiger partial charge in [0, 0.05) is 17.1 Å². The molecule has 0 aliphatic heterocycles. The number of carbonyl (C=O) groups is 1. The number of carbonyl (C=O) groups excluding carboxylic acids is 1. The van der Waals surface area contributed by atoms with Gasteiger partial charge in [-0.25, -0.2) is 5.48 Å². The maximum atomic E-state index is 12.0. The lowest BCUT2D eigenvalue weighted by Crippen LogP contribution is -2.28. The Hall–Kier alpha value is -1.94. The van der Waals surface area contributed by atoms with Gasteiger partial charge in [-0.1, -0.05) is 18.9 Å². The summed E-state index contributed by atoms with van der Waals surface area (Å²) in [4.78, 5) is 21.6. The topological polar surface area (TPSA) is 51.2 Å². The zero-order valence-corrected chi connectivity index (χ0v) is 10.6. The third-order valence-electron chi connectivity index (χ3n) is 3.49. The van der Waals surface area contributed by atoms with Gasteiger partial charge in [0.2, 0.25) is 0 Å². The molecule has 1 heterocycles. The fourth-order valence-electron chi connectivity index (χ4n) is 2.42. The summed E-state index contributed by atoms with van der Waals surface area (Å²) < 4.78 is 0. The summed E-state index contributed by atoms with van der Waals surface area (Å²) in [6.45, 7) is 0. The highest BCUT2D eigenvalue weighted by atomic mass is 16.7. The van der Waals surface area contributed by atoms with Crippen LogP contribution in [0.4, 0.5) is 0 Å². The van der Waals surface area contributed by atoms with Gasteiger partial charge in [0.1, 0.15) is 0 Å². The number of hydrogen-bond donors (Lipinski definition) is 1. The molecule has 1 aliphatic carbocycles. The first-order valence-corrected chi connectivity index (χ1v) is 6.64. The summed E-state index contributed by atoms with van der Waals surface area (Å²) in [5, 5.41) is 0.955. The van der Waals surface area contributed by atoms with E-state index in [0.29, 0.717) is 5.56 Å². The predicted molar refractivity (Wildman–Crippen MR) is 72.6 cm³/mol. The molecule has 2 aromatic rings. The minimum Gasteiger partial charge on any atom is -0.270 e. The molecular formula is C15H16N2O2. The fourth-order valence-corrected chi connectivity index (χ4v) is 2.42. The lowest BCUT2D eigenvalue weighted by molar-refractivity contribution is -0.0124. The average molecular weight is 256 g/mol. The lowest BCUT2D eigenvalue weighted by atomic mass is 10.1. The van der Waals surface area contributed by atoms with Gasteiger partial charge < -0.3 is 0 Å². The molecule has 1 amide bonds. The van der Waals surface area contributed by atoms with Crippen molar-refractivity contribution in [1.29, 1.82) is 0 Å². The largest absolute Gasteiger partial charge is 0.274 e. The molecule has 0 spiro atoms. The van der Waals surface area contributed by atoms with Crippen LogP contribution in [0.1, 0.15) is 36.0 Å². The van der Waals surface area contributed by atoms with Crippen LogP contribution in [-0.2, 0) is 4.84 Å². The molecule has 3 rings (SSSR count). The standard InChI is InChI=1S/C15H16N2O2/c18-15(17-19-13-5-1-2-6-13)12-7-8-14-11(10-12)4-3-9-16-14/h3-4,7-10,13H,1-2,5-6H2,(H,17,18). The Balaban J connectivity index is 1.70. The van der Waals surface area contributed by atoms with E-state index in [0.717, 1.165) is 23.7 Å². The maximum absolute atomic E-state index is 12.0. The number of rotatable bonds is 3. The third-order valence-corrected chi connectivity index (χ3v) is 3.49. The summed E-state index contributed by atoms with van der Waals surface area (Å²) in [7, 11) is 0. The second kappa shape index (κ2) is 5.36. The molecule has 98 valence electrons. The van der Waals surface area contributed by atoms with E-state index in [9.17, 15) is 4.79 Å². The Labute approximate surface area is 111 Å². The highest BCUT2D eigenvalue weighted by molar-refractivity contribution is 5.97. The van der Waals surface area contributed by atoms with E-state index in [4.69, 9.17) is 4.84 Å². The van der Waals surface area contributed by atoms with Crippen LogP contribution in [-0.4, -0.2) is 17.0 Å². The van der Waals surface area contributed by atoms with Crippen LogP contribution in [0.5, 0.6) is 0 Å². The van der Waals surface area contributed by atoms with Crippen molar-refractivity contribution in [2.75, 3.05) is 0 Å². The number of pyridine rings is 1. The first-order valence-electron chi connectivity index (χ1n) is 6.64. The summed E-state index contributed by atoms with van der Waals surface area (Å²) >= 11 is 0. The van der Waals surface area contributed by atoms with Crippen molar-refractivity contribution in [2.24, 2.45) is 0 Å². The van der Waals surface area contributed by atoms with Crippen molar-refractivity contribution in [3.8, 4) is 0 Å². The van der Waals surface area contributed by atoms with Crippen molar-refractivity contribution in [3.05, 3.63) is 42.1 Å². The van der Waals surface area contributed by atoms with Gasteiger partial charge in [0.25, 0.3) is 5.91 Å². The molecule has 4 nitrogen and oxygen atoms in total. The molecule has 1 aliphatic rings. The molecule has 0 bridgehead atoms. The predicted octanol–water partition coefficient (Wildman–Crippen LogP) is 2.84. The Morgan fingerprint density at radius 1 is 1.26 bits per heavy atom. The molecule has 0 radical (unpaired) electrons. The van der Waals surface area contributed by atoms with Gasteiger partial charge in [0.15, 0.2) is 0 Å². The van der Waals surface area contributed by atoms with E-state index in [1.807, 2.05) is 24.3 Å². The van der Waals surface area contributed by atoms with Crippen LogP contribution >= 0.6 is 0 Å². The summed E-state index contributed by atoms with van der Waals surface area (Å²) in [6.07, 6.45) is 6.34. The Kier molecular flexibility index (Phi) is 3.42. The SMILES string of the molecule is O=C(NOC1CCCC1)c1ccc2ncccc2c1. The van der Waals surface area contributed by atoms with Gasteiger partial charge in [-0.05, 0) is 37.1 Å². The van der Waals surface area contributed by atoms with Gasteiger partial charge >= 0.3 is 0 Å². The second-order valence-electron chi connectivity index (χ2n) is 4.87. The van der Waals surface area contributed by atoms with Crippen molar-refractivity contribution < 1.29 is 9.63 Å². The maximum Gasteiger partial charge on any atom is 0.274 e. The second-order valence-corrected chi connectivity index (χ2v) is 4.87. The Morgan fingerprint density at radius 2 is 2.11 bits per heavy atom. The number of nitrogens with zero attached hydrogens (tertiary/aromatic N) is 1. The molecule has 0 unspecified atom stereocenters. The number of hydrogen-bond acceptors (Lipinski definition) is 3.